The van der Waals surface area contributed by atoms with Crippen molar-refractivity contribution in [1.82, 2.24) is 9.97 Å². The maximum Gasteiger partial charge on any atom is 0.322 e. The molecule has 0 fully saturated rings. The molecule has 1 N–H and O–H groups in total. The average molecular weight is 417 g/mol. The van der Waals surface area contributed by atoms with Crippen LogP contribution in [-0.2, 0) is 17.6 Å². The Hall–Kier alpha value is -1.94. The Morgan fingerprint density at radius 3 is 2.10 bits per heavy atom. The number of rotatable bonds is 14. The lowest BCUT2D eigenvalue weighted by Gasteiger charge is -2.06. The molecular formula is C24H33ClN2O2. The average Bonchev–Trinajstić information content (AvgIpc) is 2.73. The van der Waals surface area contributed by atoms with Crippen molar-refractivity contribution in [3.8, 4) is 11.3 Å². The lowest BCUT2D eigenvalue weighted by molar-refractivity contribution is -0.136. The van der Waals surface area contributed by atoms with Gasteiger partial charge in [0.2, 0.25) is 0 Å². The van der Waals surface area contributed by atoms with Crippen molar-refractivity contribution in [3.05, 3.63) is 47.9 Å². The number of aliphatic carboxylic acids is 1. The molecule has 158 valence electrons. The summed E-state index contributed by atoms with van der Waals surface area (Å²) < 4.78 is 0. The molecule has 0 amide bonds. The van der Waals surface area contributed by atoms with Crippen LogP contribution in [0.5, 0.6) is 0 Å². The fraction of sp³-hybridized carbons (Fsp3) is 0.542. The molecule has 1 atom stereocenters. The quantitative estimate of drug-likeness (QED) is 0.284. The Bertz CT molecular complexity index is 717. The topological polar surface area (TPSA) is 63.1 Å². The molecule has 1 aromatic carbocycles. The van der Waals surface area contributed by atoms with Gasteiger partial charge in [-0.15, -0.1) is 11.6 Å². The van der Waals surface area contributed by atoms with E-state index in [0.717, 1.165) is 17.7 Å². The summed E-state index contributed by atoms with van der Waals surface area (Å²) in [5.41, 5.74) is 3.73. The predicted octanol–water partition coefficient (Wildman–Crippen LogP) is 6.45. The van der Waals surface area contributed by atoms with Gasteiger partial charge < -0.3 is 5.11 Å². The van der Waals surface area contributed by atoms with Crippen molar-refractivity contribution in [2.75, 3.05) is 0 Å². The van der Waals surface area contributed by atoms with Crippen LogP contribution in [0.4, 0.5) is 0 Å². The van der Waals surface area contributed by atoms with Crippen LogP contribution >= 0.6 is 11.6 Å². The zero-order valence-electron chi connectivity index (χ0n) is 17.4. The zero-order chi connectivity index (χ0) is 20.9. The van der Waals surface area contributed by atoms with E-state index in [-0.39, 0.29) is 6.42 Å². The van der Waals surface area contributed by atoms with E-state index in [4.69, 9.17) is 16.7 Å². The first-order chi connectivity index (χ1) is 14.1. The maximum atomic E-state index is 10.8. The second-order valence-electron chi connectivity index (χ2n) is 7.68. The van der Waals surface area contributed by atoms with Gasteiger partial charge in [0.15, 0.2) is 0 Å². The van der Waals surface area contributed by atoms with E-state index in [0.29, 0.717) is 5.69 Å². The van der Waals surface area contributed by atoms with E-state index >= 15 is 0 Å². The van der Waals surface area contributed by atoms with E-state index in [1.54, 1.807) is 12.4 Å². The molecule has 4 nitrogen and oxygen atoms in total. The fourth-order valence-corrected chi connectivity index (χ4v) is 3.52. The van der Waals surface area contributed by atoms with Gasteiger partial charge in [-0.2, -0.15) is 0 Å². The highest BCUT2D eigenvalue weighted by atomic mass is 35.5. The first-order valence-electron chi connectivity index (χ1n) is 10.9. The highest BCUT2D eigenvalue weighted by Crippen LogP contribution is 2.19. The second-order valence-corrected chi connectivity index (χ2v) is 8.21. The van der Waals surface area contributed by atoms with E-state index in [2.05, 4.69) is 41.2 Å². The number of unbranched alkanes of at least 4 members (excludes halogenated alkanes) is 8. The molecule has 0 aliphatic carbocycles. The Morgan fingerprint density at radius 2 is 1.55 bits per heavy atom. The van der Waals surface area contributed by atoms with Gasteiger partial charge in [0.25, 0.3) is 0 Å². The first kappa shape index (κ1) is 23.3. The number of alkyl halides is 1. The number of carbonyl (C=O) groups is 1. The third-order valence-electron chi connectivity index (χ3n) is 5.18. The van der Waals surface area contributed by atoms with Gasteiger partial charge in [-0.05, 0) is 18.4 Å². The minimum absolute atomic E-state index is 0.168. The number of aromatic nitrogens is 2. The molecule has 29 heavy (non-hydrogen) atoms. The monoisotopic (exact) mass is 416 g/mol. The van der Waals surface area contributed by atoms with Crippen LogP contribution < -0.4 is 0 Å². The minimum atomic E-state index is -1.04. The summed E-state index contributed by atoms with van der Waals surface area (Å²) in [6.45, 7) is 2.26. The van der Waals surface area contributed by atoms with Crippen LogP contribution in [0.3, 0.4) is 0 Å². The van der Waals surface area contributed by atoms with E-state index < -0.39 is 11.3 Å². The van der Waals surface area contributed by atoms with Crippen LogP contribution in [0.1, 0.15) is 76.0 Å². The third-order valence-corrected chi connectivity index (χ3v) is 5.52. The molecular weight excluding hydrogens is 384 g/mol. The smallest absolute Gasteiger partial charge is 0.322 e. The number of hydrogen-bond donors (Lipinski definition) is 1. The molecule has 2 rings (SSSR count). The van der Waals surface area contributed by atoms with E-state index in [1.807, 2.05) is 0 Å². The first-order valence-corrected chi connectivity index (χ1v) is 11.3. The molecule has 5 heteroatoms. The van der Waals surface area contributed by atoms with Crippen molar-refractivity contribution in [3.63, 3.8) is 0 Å². The summed E-state index contributed by atoms with van der Waals surface area (Å²) in [6, 6.07) is 8.48. The Kier molecular flexibility index (Phi) is 10.7. The molecule has 0 saturated carbocycles. The highest BCUT2D eigenvalue weighted by molar-refractivity contribution is 6.29. The van der Waals surface area contributed by atoms with E-state index in [9.17, 15) is 4.79 Å². The lowest BCUT2D eigenvalue weighted by Crippen LogP contribution is -2.16. The summed E-state index contributed by atoms with van der Waals surface area (Å²) in [5, 5.41) is 7.89. The Balaban J connectivity index is 1.71. The minimum Gasteiger partial charge on any atom is -0.480 e. The number of aryl methyl sites for hydroxylation is 1. The molecule has 0 bridgehead atoms. The summed E-state index contributed by atoms with van der Waals surface area (Å²) in [4.78, 5) is 19.5. The molecule has 2 aromatic rings. The van der Waals surface area contributed by atoms with Crippen molar-refractivity contribution in [2.45, 2.75) is 82.9 Å². The standard InChI is InChI=1S/C24H33ClN2O2/c1-2-3-4-5-6-7-8-9-10-11-19-12-14-20(15-13-19)23-18-26-21(17-27-23)16-22(25)24(28)29/h12-15,17-18,22H,2-11,16H2,1H3,(H,28,29)/t22-/m1/s1. The van der Waals surface area contributed by atoms with Crippen LogP contribution in [0, 0.1) is 0 Å². The van der Waals surface area contributed by atoms with Crippen molar-refractivity contribution in [2.24, 2.45) is 0 Å². The van der Waals surface area contributed by atoms with Gasteiger partial charge in [-0.25, -0.2) is 0 Å². The van der Waals surface area contributed by atoms with Gasteiger partial charge >= 0.3 is 5.97 Å². The number of nitrogens with zero attached hydrogens (tertiary/aromatic N) is 2. The number of hydrogen-bond acceptors (Lipinski definition) is 3. The lowest BCUT2D eigenvalue weighted by atomic mass is 10.0. The Labute approximate surface area is 179 Å². The normalized spacial score (nSPS) is 12.1. The largest absolute Gasteiger partial charge is 0.480 e. The van der Waals surface area contributed by atoms with Crippen LogP contribution in [0.25, 0.3) is 11.3 Å². The molecule has 0 spiro atoms. The van der Waals surface area contributed by atoms with Crippen molar-refractivity contribution >= 4 is 17.6 Å². The van der Waals surface area contributed by atoms with Gasteiger partial charge in [-0.3, -0.25) is 14.8 Å². The summed E-state index contributed by atoms with van der Waals surface area (Å²) in [7, 11) is 0. The van der Waals surface area contributed by atoms with Gasteiger partial charge in [-0.1, -0.05) is 82.6 Å². The van der Waals surface area contributed by atoms with E-state index in [1.165, 1.54) is 63.4 Å². The van der Waals surface area contributed by atoms with Crippen molar-refractivity contribution in [1.29, 1.82) is 0 Å². The number of halogens is 1. The summed E-state index contributed by atoms with van der Waals surface area (Å²) in [6.07, 6.45) is 16.7. The Morgan fingerprint density at radius 1 is 0.931 bits per heavy atom. The fourth-order valence-electron chi connectivity index (χ4n) is 3.36. The molecule has 0 saturated heterocycles. The molecule has 0 aliphatic heterocycles. The number of benzene rings is 1. The molecule has 1 aromatic heterocycles. The van der Waals surface area contributed by atoms with Crippen LogP contribution in [0.2, 0.25) is 0 Å². The second kappa shape index (κ2) is 13.3. The van der Waals surface area contributed by atoms with Crippen LogP contribution in [-0.4, -0.2) is 26.4 Å². The molecule has 0 aliphatic rings. The molecule has 1 heterocycles. The number of carboxylic acid groups (broad SMARTS) is 1. The summed E-state index contributed by atoms with van der Waals surface area (Å²) >= 11 is 5.75. The maximum absolute atomic E-state index is 10.8. The summed E-state index contributed by atoms with van der Waals surface area (Å²) in [5.74, 6) is -1.04. The van der Waals surface area contributed by atoms with Crippen LogP contribution in [0.15, 0.2) is 36.7 Å². The molecule has 0 unspecified atom stereocenters. The van der Waals surface area contributed by atoms with Gasteiger partial charge in [0.1, 0.15) is 5.38 Å². The predicted molar refractivity (Wildman–Crippen MR) is 119 cm³/mol. The highest BCUT2D eigenvalue weighted by Gasteiger charge is 2.15. The zero-order valence-corrected chi connectivity index (χ0v) is 18.2. The number of carboxylic acids is 1. The third kappa shape index (κ3) is 8.95. The van der Waals surface area contributed by atoms with Gasteiger partial charge in [0.05, 0.1) is 17.6 Å². The van der Waals surface area contributed by atoms with Crippen molar-refractivity contribution < 1.29 is 9.90 Å². The molecule has 0 radical (unpaired) electrons. The SMILES string of the molecule is CCCCCCCCCCCc1ccc(-c2cnc(C[C@@H](Cl)C(=O)O)cn2)cc1. The van der Waals surface area contributed by atoms with Gasteiger partial charge in [0, 0.05) is 18.2 Å².